The largest absolute Gasteiger partial charge is 0.324 e. The first-order valence-corrected chi connectivity index (χ1v) is 10.00. The van der Waals surface area contributed by atoms with E-state index in [-0.39, 0.29) is 16.4 Å². The van der Waals surface area contributed by atoms with Crippen molar-refractivity contribution >= 4 is 33.2 Å². The van der Waals surface area contributed by atoms with E-state index < -0.39 is 22.5 Å². The van der Waals surface area contributed by atoms with E-state index in [0.29, 0.717) is 24.3 Å². The second kappa shape index (κ2) is 7.80. The number of amides is 2. The molecule has 0 saturated carbocycles. The average molecular weight is 398 g/mol. The molecule has 2 aromatic carbocycles. The molecule has 2 aromatic rings. The highest BCUT2D eigenvalue weighted by atomic mass is 32.2. The predicted molar refractivity (Wildman–Crippen MR) is 103 cm³/mol. The molecule has 1 heterocycles. The number of hydrogen-bond donors (Lipinski definition) is 2. The average Bonchev–Trinajstić information content (AvgIpc) is 3.10. The van der Waals surface area contributed by atoms with Gasteiger partial charge in [-0.05, 0) is 42.3 Å². The number of hydrogen-bond acceptors (Lipinski definition) is 5. The highest BCUT2D eigenvalue weighted by molar-refractivity contribution is 7.89. The molecule has 1 aliphatic heterocycles. The van der Waals surface area contributed by atoms with Crippen LogP contribution in [0.2, 0.25) is 0 Å². The van der Waals surface area contributed by atoms with Crippen LogP contribution in [0.25, 0.3) is 0 Å². The van der Waals surface area contributed by atoms with Crippen molar-refractivity contribution in [2.24, 2.45) is 0 Å². The molecule has 8 nitrogen and oxygen atoms in total. The van der Waals surface area contributed by atoms with Crippen molar-refractivity contribution < 1.29 is 18.0 Å². The van der Waals surface area contributed by atoms with Gasteiger partial charge in [0, 0.05) is 19.2 Å². The first-order chi connectivity index (χ1) is 13.3. The summed E-state index contributed by atoms with van der Waals surface area (Å²) in [6.07, 6.45) is 0.573. The molecule has 0 saturated heterocycles. The standard InChI is InChI=1S/C19H18N4O4S/c1-13(24)23-9-8-14-10-16(6-7-18(14)23)28(26,27)21-12-19(25)22-17-5-3-2-4-15(17)11-20/h2-7,10,21H,8-9,12H2,1H3,(H,22,25). The highest BCUT2D eigenvalue weighted by Gasteiger charge is 2.25. The van der Waals surface area contributed by atoms with E-state index in [1.165, 1.54) is 19.1 Å². The van der Waals surface area contributed by atoms with E-state index in [9.17, 15) is 18.0 Å². The molecule has 0 radical (unpaired) electrons. The molecule has 0 fully saturated rings. The fraction of sp³-hybridized carbons (Fsp3) is 0.211. The lowest BCUT2D eigenvalue weighted by atomic mass is 10.2. The first-order valence-electron chi connectivity index (χ1n) is 8.51. The lowest BCUT2D eigenvalue weighted by Crippen LogP contribution is -2.33. The van der Waals surface area contributed by atoms with Gasteiger partial charge in [0.2, 0.25) is 21.8 Å². The molecule has 28 heavy (non-hydrogen) atoms. The third kappa shape index (κ3) is 4.03. The van der Waals surface area contributed by atoms with Crippen LogP contribution in [0.3, 0.4) is 0 Å². The summed E-state index contributed by atoms with van der Waals surface area (Å²) in [5.74, 6) is -0.683. The number of rotatable bonds is 5. The topological polar surface area (TPSA) is 119 Å². The van der Waals surface area contributed by atoms with Crippen LogP contribution in [0.15, 0.2) is 47.4 Å². The lowest BCUT2D eigenvalue weighted by Gasteiger charge is -2.15. The van der Waals surface area contributed by atoms with Crippen LogP contribution in [0.1, 0.15) is 18.1 Å². The predicted octanol–water partition coefficient (Wildman–Crippen LogP) is 1.38. The molecule has 0 spiro atoms. The summed E-state index contributed by atoms with van der Waals surface area (Å²) in [6, 6.07) is 12.9. The van der Waals surface area contributed by atoms with Gasteiger partial charge >= 0.3 is 0 Å². The molecular weight excluding hydrogens is 380 g/mol. The summed E-state index contributed by atoms with van der Waals surface area (Å²) in [6.45, 7) is 1.51. The second-order valence-corrected chi connectivity index (χ2v) is 8.01. The molecule has 3 rings (SSSR count). The zero-order chi connectivity index (χ0) is 20.3. The van der Waals surface area contributed by atoms with Gasteiger partial charge in [-0.15, -0.1) is 0 Å². The SMILES string of the molecule is CC(=O)N1CCc2cc(S(=O)(=O)NCC(=O)Nc3ccccc3C#N)ccc21. The molecule has 2 amide bonds. The van der Waals surface area contributed by atoms with Gasteiger partial charge in [0.05, 0.1) is 22.7 Å². The third-order valence-corrected chi connectivity index (χ3v) is 5.78. The van der Waals surface area contributed by atoms with E-state index in [1.54, 1.807) is 35.2 Å². The Labute approximate surface area is 162 Å². The van der Waals surface area contributed by atoms with Crippen molar-refractivity contribution in [2.75, 3.05) is 23.3 Å². The third-order valence-electron chi connectivity index (χ3n) is 4.38. The Morgan fingerprint density at radius 1 is 1.21 bits per heavy atom. The Morgan fingerprint density at radius 3 is 2.68 bits per heavy atom. The second-order valence-electron chi connectivity index (χ2n) is 6.24. The van der Waals surface area contributed by atoms with E-state index in [0.717, 1.165) is 5.56 Å². The fourth-order valence-electron chi connectivity index (χ4n) is 3.00. The van der Waals surface area contributed by atoms with Crippen molar-refractivity contribution in [3.05, 3.63) is 53.6 Å². The van der Waals surface area contributed by atoms with Crippen LogP contribution in [0.4, 0.5) is 11.4 Å². The van der Waals surface area contributed by atoms with Crippen LogP contribution < -0.4 is 14.9 Å². The normalized spacial score (nSPS) is 12.9. The zero-order valence-corrected chi connectivity index (χ0v) is 15.9. The maximum atomic E-state index is 12.5. The molecule has 0 atom stereocenters. The number of sulfonamides is 1. The lowest BCUT2D eigenvalue weighted by molar-refractivity contribution is -0.116. The van der Waals surface area contributed by atoms with Gasteiger partial charge in [0.1, 0.15) is 6.07 Å². The molecule has 0 aromatic heterocycles. The number of anilines is 2. The minimum absolute atomic E-state index is 0.0295. The van der Waals surface area contributed by atoms with Gasteiger partial charge < -0.3 is 10.2 Å². The number of carbonyl (C=O) groups excluding carboxylic acids is 2. The number of fused-ring (bicyclic) bond motifs is 1. The minimum atomic E-state index is -3.90. The smallest absolute Gasteiger partial charge is 0.241 e. The van der Waals surface area contributed by atoms with Gasteiger partial charge in [-0.25, -0.2) is 13.1 Å². The first kappa shape index (κ1) is 19.5. The van der Waals surface area contributed by atoms with Crippen molar-refractivity contribution in [1.29, 1.82) is 5.26 Å². The van der Waals surface area contributed by atoms with Crippen LogP contribution in [0.5, 0.6) is 0 Å². The molecule has 0 bridgehead atoms. The Bertz CT molecular complexity index is 1090. The van der Waals surface area contributed by atoms with Gasteiger partial charge in [-0.3, -0.25) is 9.59 Å². The van der Waals surface area contributed by atoms with Crippen molar-refractivity contribution in [2.45, 2.75) is 18.2 Å². The molecule has 0 unspecified atom stereocenters. The molecule has 9 heteroatoms. The summed E-state index contributed by atoms with van der Waals surface area (Å²) in [5, 5.41) is 11.5. The number of benzene rings is 2. The van der Waals surface area contributed by atoms with Gasteiger partial charge in [0.15, 0.2) is 0 Å². The molecular formula is C19H18N4O4S. The summed E-state index contributed by atoms with van der Waals surface area (Å²) < 4.78 is 27.3. The van der Waals surface area contributed by atoms with Crippen LogP contribution in [0, 0.1) is 11.3 Å². The Morgan fingerprint density at radius 2 is 1.96 bits per heavy atom. The highest BCUT2D eigenvalue weighted by Crippen LogP contribution is 2.30. The van der Waals surface area contributed by atoms with Crippen molar-refractivity contribution in [3.8, 4) is 6.07 Å². The van der Waals surface area contributed by atoms with E-state index in [1.807, 2.05) is 6.07 Å². The van der Waals surface area contributed by atoms with Crippen molar-refractivity contribution in [1.82, 2.24) is 4.72 Å². The van der Waals surface area contributed by atoms with Gasteiger partial charge in [0.25, 0.3) is 0 Å². The number of nitrogens with zero attached hydrogens (tertiary/aromatic N) is 2. The quantitative estimate of drug-likeness (QED) is 0.789. The maximum Gasteiger partial charge on any atom is 0.241 e. The van der Waals surface area contributed by atoms with Crippen molar-refractivity contribution in [3.63, 3.8) is 0 Å². The summed E-state index contributed by atoms with van der Waals surface area (Å²) >= 11 is 0. The van der Waals surface area contributed by atoms with Crippen LogP contribution in [-0.2, 0) is 26.0 Å². The number of nitrogens with one attached hydrogen (secondary N) is 2. The van der Waals surface area contributed by atoms with E-state index in [2.05, 4.69) is 10.0 Å². The molecule has 0 aliphatic carbocycles. The van der Waals surface area contributed by atoms with Gasteiger partial charge in [-0.2, -0.15) is 5.26 Å². The van der Waals surface area contributed by atoms with E-state index >= 15 is 0 Å². The summed E-state index contributed by atoms with van der Waals surface area (Å²) in [4.78, 5) is 25.3. The summed E-state index contributed by atoms with van der Waals surface area (Å²) in [5.41, 5.74) is 2.08. The Hall–Kier alpha value is -3.22. The molecule has 144 valence electrons. The summed E-state index contributed by atoms with van der Waals surface area (Å²) in [7, 11) is -3.90. The number of para-hydroxylation sites is 1. The Kier molecular flexibility index (Phi) is 5.44. The Balaban J connectivity index is 1.68. The van der Waals surface area contributed by atoms with Crippen LogP contribution in [-0.4, -0.2) is 33.3 Å². The molecule has 1 aliphatic rings. The van der Waals surface area contributed by atoms with E-state index in [4.69, 9.17) is 5.26 Å². The maximum absolute atomic E-state index is 12.5. The number of nitriles is 1. The van der Waals surface area contributed by atoms with Crippen LogP contribution >= 0.6 is 0 Å². The van der Waals surface area contributed by atoms with Gasteiger partial charge in [-0.1, -0.05) is 12.1 Å². The zero-order valence-electron chi connectivity index (χ0n) is 15.1. The monoisotopic (exact) mass is 398 g/mol. The minimum Gasteiger partial charge on any atom is -0.324 e. The molecule has 2 N–H and O–H groups in total. The fourth-order valence-corrected chi connectivity index (χ4v) is 4.03. The number of carbonyl (C=O) groups is 2.